The second-order valence-electron chi connectivity index (χ2n) is 1.80. The van der Waals surface area contributed by atoms with Gasteiger partial charge in [0, 0.05) is 5.33 Å². The second kappa shape index (κ2) is 10.6. The Morgan fingerprint density at radius 3 is 2.25 bits per heavy atom. The van der Waals surface area contributed by atoms with Gasteiger partial charge in [-0.1, -0.05) is 48.5 Å². The first-order chi connectivity index (χ1) is 5.70. The summed E-state index contributed by atoms with van der Waals surface area (Å²) in [6.45, 7) is 9.01. The van der Waals surface area contributed by atoms with Crippen LogP contribution in [-0.4, -0.2) is 5.33 Å². The molecule has 0 radical (unpaired) electrons. The van der Waals surface area contributed by atoms with Crippen LogP contribution in [0.4, 0.5) is 4.39 Å². The molecule has 0 bridgehead atoms. The summed E-state index contributed by atoms with van der Waals surface area (Å²) >= 11 is 3.22. The van der Waals surface area contributed by atoms with Crippen LogP contribution < -0.4 is 0 Å². The molecule has 0 aromatic carbocycles. The lowest BCUT2D eigenvalue weighted by atomic mass is 10.2. The minimum absolute atomic E-state index is 0.410. The van der Waals surface area contributed by atoms with Crippen molar-refractivity contribution in [2.45, 2.75) is 20.8 Å². The molecule has 0 unspecified atom stereocenters. The molecular formula is C10H16BrF. The molecule has 2 heteroatoms. The Hall–Kier alpha value is -0.370. The largest absolute Gasteiger partial charge is 0.208 e. The molecule has 0 nitrogen and oxygen atoms in total. The fourth-order valence-electron chi connectivity index (χ4n) is 0.546. The Morgan fingerprint density at radius 1 is 1.50 bits per heavy atom. The Balaban J connectivity index is 0. The molecule has 0 N–H and O–H groups in total. The van der Waals surface area contributed by atoms with Crippen molar-refractivity contribution in [1.29, 1.82) is 0 Å². The summed E-state index contributed by atoms with van der Waals surface area (Å²) in [6.07, 6.45) is 5.09. The van der Waals surface area contributed by atoms with Gasteiger partial charge in [-0.3, -0.25) is 0 Å². The van der Waals surface area contributed by atoms with Crippen LogP contribution in [0.15, 0.2) is 36.2 Å². The monoisotopic (exact) mass is 234 g/mol. The van der Waals surface area contributed by atoms with Crippen LogP contribution in [0, 0.1) is 0 Å². The molecule has 0 aromatic heterocycles. The number of halogens is 2. The van der Waals surface area contributed by atoms with Crippen LogP contribution in [0.2, 0.25) is 0 Å². The van der Waals surface area contributed by atoms with E-state index in [2.05, 4.69) is 22.5 Å². The van der Waals surface area contributed by atoms with Gasteiger partial charge in [0.05, 0.1) is 0 Å². The van der Waals surface area contributed by atoms with Crippen molar-refractivity contribution in [1.82, 2.24) is 0 Å². The minimum Gasteiger partial charge on any atom is -0.208 e. The van der Waals surface area contributed by atoms with Crippen molar-refractivity contribution in [3.05, 3.63) is 36.2 Å². The van der Waals surface area contributed by atoms with E-state index in [0.29, 0.717) is 5.33 Å². The van der Waals surface area contributed by atoms with E-state index in [1.54, 1.807) is 0 Å². The van der Waals surface area contributed by atoms with Crippen LogP contribution in [0.1, 0.15) is 20.8 Å². The SMILES string of the molecule is C=C(F)/C=C(\C=C/C)CBr.CC. The molecule has 0 spiro atoms. The normalized spacial score (nSPS) is 10.9. The summed E-state index contributed by atoms with van der Waals surface area (Å²) in [5.41, 5.74) is 0.884. The molecule has 0 atom stereocenters. The summed E-state index contributed by atoms with van der Waals surface area (Å²) in [5.74, 6) is -0.410. The molecule has 0 aliphatic carbocycles. The lowest BCUT2D eigenvalue weighted by molar-refractivity contribution is 0.670. The quantitative estimate of drug-likeness (QED) is 0.502. The van der Waals surface area contributed by atoms with E-state index in [1.807, 2.05) is 32.9 Å². The number of allylic oxidation sites excluding steroid dienone is 5. The van der Waals surface area contributed by atoms with Gasteiger partial charge in [0.15, 0.2) is 0 Å². The van der Waals surface area contributed by atoms with Gasteiger partial charge in [-0.2, -0.15) is 0 Å². The highest BCUT2D eigenvalue weighted by molar-refractivity contribution is 9.09. The number of rotatable bonds is 3. The van der Waals surface area contributed by atoms with E-state index < -0.39 is 5.83 Å². The van der Waals surface area contributed by atoms with Gasteiger partial charge >= 0.3 is 0 Å². The number of alkyl halides is 1. The van der Waals surface area contributed by atoms with Gasteiger partial charge in [-0.15, -0.1) is 0 Å². The minimum atomic E-state index is -0.410. The van der Waals surface area contributed by atoms with E-state index in [-0.39, 0.29) is 0 Å². The van der Waals surface area contributed by atoms with Crippen molar-refractivity contribution in [3.63, 3.8) is 0 Å². The van der Waals surface area contributed by atoms with Gasteiger partial charge in [-0.05, 0) is 18.6 Å². The zero-order chi connectivity index (χ0) is 9.98. The van der Waals surface area contributed by atoms with Gasteiger partial charge in [0.25, 0.3) is 0 Å². The first-order valence-corrected chi connectivity index (χ1v) is 5.06. The van der Waals surface area contributed by atoms with Crippen molar-refractivity contribution in [2.24, 2.45) is 0 Å². The first-order valence-electron chi connectivity index (χ1n) is 3.94. The Kier molecular flexibility index (Phi) is 12.6. The maximum absolute atomic E-state index is 12.1. The number of hydrogen-bond acceptors (Lipinski definition) is 0. The zero-order valence-electron chi connectivity index (χ0n) is 7.90. The van der Waals surface area contributed by atoms with Crippen LogP contribution in [0.5, 0.6) is 0 Å². The third kappa shape index (κ3) is 9.63. The summed E-state index contributed by atoms with van der Waals surface area (Å²) in [6, 6.07) is 0. The molecule has 0 fully saturated rings. The number of hydrogen-bond donors (Lipinski definition) is 0. The fraction of sp³-hybridized carbons (Fsp3) is 0.400. The van der Waals surface area contributed by atoms with Gasteiger partial charge in [0.2, 0.25) is 0 Å². The first kappa shape index (κ1) is 14.2. The molecule has 0 aliphatic rings. The molecule has 0 heterocycles. The smallest absolute Gasteiger partial charge is 0.116 e. The summed E-state index contributed by atoms with van der Waals surface area (Å²) in [5, 5.41) is 0.653. The predicted molar refractivity (Wildman–Crippen MR) is 58.3 cm³/mol. The van der Waals surface area contributed by atoms with E-state index in [9.17, 15) is 4.39 Å². The zero-order valence-corrected chi connectivity index (χ0v) is 9.49. The van der Waals surface area contributed by atoms with Crippen molar-refractivity contribution < 1.29 is 4.39 Å². The van der Waals surface area contributed by atoms with Gasteiger partial charge in [0.1, 0.15) is 5.83 Å². The van der Waals surface area contributed by atoms with Crippen molar-refractivity contribution >= 4 is 15.9 Å². The Morgan fingerprint density at radius 2 is 2.00 bits per heavy atom. The van der Waals surface area contributed by atoms with E-state index in [1.165, 1.54) is 6.08 Å². The fourth-order valence-corrected chi connectivity index (χ4v) is 0.895. The van der Waals surface area contributed by atoms with Crippen LogP contribution in [0.25, 0.3) is 0 Å². The van der Waals surface area contributed by atoms with E-state index in [0.717, 1.165) is 5.57 Å². The average Bonchev–Trinajstić information content (AvgIpc) is 2.07. The van der Waals surface area contributed by atoms with Crippen LogP contribution >= 0.6 is 15.9 Å². The standard InChI is InChI=1S/C8H10BrF.C2H6/c1-3-4-8(6-9)5-7(2)10;1-2/h3-5H,2,6H2,1H3;1-2H3/b4-3-,8-5+;. The lowest BCUT2D eigenvalue weighted by Gasteiger charge is -1.91. The Labute approximate surface area is 83.0 Å². The van der Waals surface area contributed by atoms with Crippen molar-refractivity contribution in [2.75, 3.05) is 5.33 Å². The maximum Gasteiger partial charge on any atom is 0.116 e. The Bertz CT molecular complexity index is 169. The molecule has 0 rings (SSSR count). The highest BCUT2D eigenvalue weighted by Gasteiger charge is 1.88. The van der Waals surface area contributed by atoms with Crippen LogP contribution in [0.3, 0.4) is 0 Å². The summed E-state index contributed by atoms with van der Waals surface area (Å²) in [7, 11) is 0. The van der Waals surface area contributed by atoms with Crippen LogP contribution in [-0.2, 0) is 0 Å². The topological polar surface area (TPSA) is 0 Å². The molecule has 0 saturated carbocycles. The van der Waals surface area contributed by atoms with Gasteiger partial charge < -0.3 is 0 Å². The van der Waals surface area contributed by atoms with E-state index in [4.69, 9.17) is 0 Å². The summed E-state index contributed by atoms with van der Waals surface area (Å²) in [4.78, 5) is 0. The molecule has 12 heavy (non-hydrogen) atoms. The third-order valence-electron chi connectivity index (χ3n) is 0.877. The molecule has 0 aromatic rings. The molecular weight excluding hydrogens is 219 g/mol. The second-order valence-corrected chi connectivity index (χ2v) is 2.36. The molecule has 0 saturated heterocycles. The molecule has 0 aliphatic heterocycles. The maximum atomic E-state index is 12.1. The highest BCUT2D eigenvalue weighted by atomic mass is 79.9. The third-order valence-corrected chi connectivity index (χ3v) is 1.52. The molecule has 70 valence electrons. The van der Waals surface area contributed by atoms with E-state index >= 15 is 0 Å². The molecule has 0 amide bonds. The van der Waals surface area contributed by atoms with Crippen molar-refractivity contribution in [3.8, 4) is 0 Å². The highest BCUT2D eigenvalue weighted by Crippen LogP contribution is 2.06. The summed E-state index contributed by atoms with van der Waals surface area (Å²) < 4.78 is 12.1. The van der Waals surface area contributed by atoms with Gasteiger partial charge in [-0.25, -0.2) is 4.39 Å². The predicted octanol–water partition coefficient (Wildman–Crippen LogP) is 4.39. The average molecular weight is 235 g/mol. The lowest BCUT2D eigenvalue weighted by Crippen LogP contribution is -1.77.